The molecule has 2 rings (SSSR count). The highest BCUT2D eigenvalue weighted by Crippen LogP contribution is 2.35. The Morgan fingerprint density at radius 3 is 1.65 bits per heavy atom. The minimum absolute atomic E-state index is 0.208. The summed E-state index contributed by atoms with van der Waals surface area (Å²) in [5.41, 5.74) is -0.416. The van der Waals surface area contributed by atoms with Crippen LogP contribution in [0.1, 0.15) is 20.7 Å². The van der Waals surface area contributed by atoms with E-state index in [1.54, 1.807) is 0 Å². The number of cyclic esters (lactones) is 2. The number of hydrogen-bond acceptors (Lipinski definition) is 4. The van der Waals surface area contributed by atoms with Crippen molar-refractivity contribution in [3.05, 3.63) is 35.4 Å². The Kier molecular flexibility index (Phi) is 3.41. The lowest BCUT2D eigenvalue weighted by Gasteiger charge is -2.25. The summed E-state index contributed by atoms with van der Waals surface area (Å²) in [6, 6.07) is 4.70. The van der Waals surface area contributed by atoms with E-state index in [4.69, 9.17) is 0 Å². The third-order valence-corrected chi connectivity index (χ3v) is 2.64. The Balaban J connectivity index is 2.39. The summed E-state index contributed by atoms with van der Waals surface area (Å²) < 4.78 is 61.3. The fraction of sp³-hybridized carbons (Fsp3) is 0.333. The van der Waals surface area contributed by atoms with Gasteiger partial charge in [-0.2, -0.15) is 17.6 Å². The van der Waals surface area contributed by atoms with Gasteiger partial charge in [0.1, 0.15) is 0 Å². The number of ether oxygens (including phenoxy) is 2. The number of rotatable bonds is 0. The molecule has 0 fully saturated rings. The van der Waals surface area contributed by atoms with Crippen LogP contribution in [-0.4, -0.2) is 37.0 Å². The average Bonchev–Trinajstić information content (AvgIpc) is 2.42. The van der Waals surface area contributed by atoms with Crippen LogP contribution in [0, 0.1) is 0 Å². The van der Waals surface area contributed by atoms with Crippen LogP contribution in [0.2, 0.25) is 0 Å². The van der Waals surface area contributed by atoms with Crippen molar-refractivity contribution in [2.24, 2.45) is 0 Å². The van der Waals surface area contributed by atoms with Gasteiger partial charge in [-0.05, 0) is 18.2 Å². The van der Waals surface area contributed by atoms with Crippen LogP contribution in [0.5, 0.6) is 0 Å². The van der Waals surface area contributed by atoms with E-state index in [-0.39, 0.29) is 11.1 Å². The Morgan fingerprint density at radius 2 is 1.25 bits per heavy atom. The minimum atomic E-state index is -4.64. The fourth-order valence-corrected chi connectivity index (χ4v) is 1.46. The van der Waals surface area contributed by atoms with Crippen molar-refractivity contribution in [2.45, 2.75) is 11.8 Å². The lowest BCUT2D eigenvalue weighted by molar-refractivity contribution is -0.238. The number of benzene rings is 1. The van der Waals surface area contributed by atoms with E-state index >= 15 is 0 Å². The Hall–Kier alpha value is -2.12. The van der Waals surface area contributed by atoms with Crippen LogP contribution in [-0.2, 0) is 9.47 Å². The molecule has 20 heavy (non-hydrogen) atoms. The molecule has 0 saturated carbocycles. The van der Waals surface area contributed by atoms with Gasteiger partial charge < -0.3 is 9.47 Å². The highest BCUT2D eigenvalue weighted by molar-refractivity contribution is 5.95. The highest BCUT2D eigenvalue weighted by atomic mass is 19.3. The maximum absolute atomic E-state index is 13.2. The number of carbonyl (C=O) groups is 2. The molecule has 1 aliphatic heterocycles. The molecule has 0 spiro atoms. The smallest absolute Gasteiger partial charge is 0.346 e. The molecule has 0 unspecified atom stereocenters. The first kappa shape index (κ1) is 14.3. The molecule has 0 atom stereocenters. The maximum atomic E-state index is 13.2. The third kappa shape index (κ3) is 2.59. The zero-order valence-electron chi connectivity index (χ0n) is 9.87. The normalized spacial score (nSPS) is 21.4. The molecule has 1 heterocycles. The predicted octanol–water partition coefficient (Wildman–Crippen LogP) is 2.28. The summed E-state index contributed by atoms with van der Waals surface area (Å²) in [4.78, 5) is 22.9. The second kappa shape index (κ2) is 4.77. The van der Waals surface area contributed by atoms with Crippen LogP contribution < -0.4 is 0 Å². The molecule has 1 aromatic rings. The zero-order valence-corrected chi connectivity index (χ0v) is 9.87. The maximum Gasteiger partial charge on any atom is 0.346 e. The van der Waals surface area contributed by atoms with Gasteiger partial charge in [0.15, 0.2) is 13.2 Å². The summed E-state index contributed by atoms with van der Waals surface area (Å²) in [5.74, 6) is -11.7. The Bertz CT molecular complexity index is 511. The number of esters is 2. The molecule has 0 radical (unpaired) electrons. The van der Waals surface area contributed by atoms with E-state index in [2.05, 4.69) is 9.47 Å². The molecule has 8 heteroatoms. The first-order valence-corrected chi connectivity index (χ1v) is 5.43. The van der Waals surface area contributed by atoms with Crippen LogP contribution in [0.25, 0.3) is 0 Å². The molecule has 0 amide bonds. The fourth-order valence-electron chi connectivity index (χ4n) is 1.46. The molecule has 0 aromatic heterocycles. The van der Waals surface area contributed by atoms with Crippen LogP contribution >= 0.6 is 0 Å². The second-order valence-electron chi connectivity index (χ2n) is 4.14. The molecule has 0 N–H and O–H groups in total. The molecule has 108 valence electrons. The van der Waals surface area contributed by atoms with E-state index in [0.717, 1.165) is 6.07 Å². The van der Waals surface area contributed by atoms with Gasteiger partial charge in [0.2, 0.25) is 0 Å². The summed E-state index contributed by atoms with van der Waals surface area (Å²) in [6.07, 6.45) is 0. The van der Waals surface area contributed by atoms with E-state index in [9.17, 15) is 27.2 Å². The zero-order chi connectivity index (χ0) is 15.0. The highest BCUT2D eigenvalue weighted by Gasteiger charge is 2.58. The van der Waals surface area contributed by atoms with Gasteiger partial charge in [-0.1, -0.05) is 6.07 Å². The first-order valence-electron chi connectivity index (χ1n) is 5.43. The summed E-state index contributed by atoms with van der Waals surface area (Å²) in [7, 11) is 0. The molecule has 1 aromatic carbocycles. The van der Waals surface area contributed by atoms with Gasteiger partial charge in [0.05, 0.1) is 11.1 Å². The average molecular weight is 292 g/mol. The first-order chi connectivity index (χ1) is 9.23. The topological polar surface area (TPSA) is 52.6 Å². The van der Waals surface area contributed by atoms with Gasteiger partial charge >= 0.3 is 23.8 Å². The van der Waals surface area contributed by atoms with E-state index in [1.807, 2.05) is 0 Å². The lowest BCUT2D eigenvalue weighted by Crippen LogP contribution is -2.48. The van der Waals surface area contributed by atoms with Crippen molar-refractivity contribution in [1.82, 2.24) is 0 Å². The monoisotopic (exact) mass is 292 g/mol. The summed E-state index contributed by atoms with van der Waals surface area (Å²) in [5, 5.41) is 0. The number of halogens is 4. The third-order valence-electron chi connectivity index (χ3n) is 2.64. The Labute approximate surface area is 110 Å². The standard InChI is InChI=1S/C12H8F4O4/c13-11(14)5-19-9(17)7-2-1-3-8(4-7)10(18)20-6-12(11,15)16/h1-4H,5-6H2. The lowest BCUT2D eigenvalue weighted by atomic mass is 10.1. The molecule has 0 saturated heterocycles. The van der Waals surface area contributed by atoms with Crippen LogP contribution in [0.3, 0.4) is 0 Å². The second-order valence-corrected chi connectivity index (χ2v) is 4.14. The number of fused-ring (bicyclic) bond motifs is 2. The Morgan fingerprint density at radius 1 is 0.850 bits per heavy atom. The van der Waals surface area contributed by atoms with Crippen LogP contribution in [0.15, 0.2) is 24.3 Å². The van der Waals surface area contributed by atoms with E-state index in [1.165, 1.54) is 18.2 Å². The van der Waals surface area contributed by atoms with Gasteiger partial charge in [-0.25, -0.2) is 9.59 Å². The molecule has 0 aliphatic carbocycles. The quantitative estimate of drug-likeness (QED) is 0.544. The van der Waals surface area contributed by atoms with Crippen molar-refractivity contribution in [1.29, 1.82) is 0 Å². The molecular weight excluding hydrogens is 284 g/mol. The largest absolute Gasteiger partial charge is 0.455 e. The number of carbonyl (C=O) groups excluding carboxylic acids is 2. The van der Waals surface area contributed by atoms with Crippen molar-refractivity contribution < 1.29 is 36.6 Å². The van der Waals surface area contributed by atoms with E-state index in [0.29, 0.717) is 0 Å². The molecule has 2 bridgehead atoms. The van der Waals surface area contributed by atoms with Crippen LogP contribution in [0.4, 0.5) is 17.6 Å². The van der Waals surface area contributed by atoms with Gasteiger partial charge in [-0.3, -0.25) is 0 Å². The predicted molar refractivity (Wildman–Crippen MR) is 56.9 cm³/mol. The van der Waals surface area contributed by atoms with Gasteiger partial charge in [0, 0.05) is 0 Å². The summed E-state index contributed by atoms with van der Waals surface area (Å²) >= 11 is 0. The van der Waals surface area contributed by atoms with Gasteiger partial charge in [0.25, 0.3) is 0 Å². The van der Waals surface area contributed by atoms with E-state index < -0.39 is 37.0 Å². The molecule has 4 nitrogen and oxygen atoms in total. The number of alkyl halides is 4. The molecule has 1 aliphatic rings. The summed E-state index contributed by atoms with van der Waals surface area (Å²) in [6.45, 7) is -3.61. The number of hydrogen-bond donors (Lipinski definition) is 0. The van der Waals surface area contributed by atoms with Crippen molar-refractivity contribution >= 4 is 11.9 Å². The SMILES string of the molecule is O=C1OCC(F)(F)C(F)(F)COC(=O)c2cccc1c2. The minimum Gasteiger partial charge on any atom is -0.455 e. The van der Waals surface area contributed by atoms with Crippen molar-refractivity contribution in [3.63, 3.8) is 0 Å². The van der Waals surface area contributed by atoms with Crippen molar-refractivity contribution in [3.8, 4) is 0 Å². The van der Waals surface area contributed by atoms with Gasteiger partial charge in [-0.15, -0.1) is 0 Å². The van der Waals surface area contributed by atoms with Crippen molar-refractivity contribution in [2.75, 3.05) is 13.2 Å². The molecular formula is C12H8F4O4.